The van der Waals surface area contributed by atoms with Crippen LogP contribution in [0.15, 0.2) is 24.3 Å². The summed E-state index contributed by atoms with van der Waals surface area (Å²) in [5.41, 5.74) is 0.624. The SMILES string of the molecule is COCCC(CBr)NC(=O)c1ccc(OC)cc1. The summed E-state index contributed by atoms with van der Waals surface area (Å²) < 4.78 is 10.1. The van der Waals surface area contributed by atoms with Crippen LogP contribution in [0.25, 0.3) is 0 Å². The zero-order chi connectivity index (χ0) is 13.4. The third kappa shape index (κ3) is 4.66. The normalized spacial score (nSPS) is 11.9. The lowest BCUT2D eigenvalue weighted by Gasteiger charge is -2.15. The van der Waals surface area contributed by atoms with E-state index in [2.05, 4.69) is 21.2 Å². The Morgan fingerprint density at radius 1 is 1.33 bits per heavy atom. The van der Waals surface area contributed by atoms with Crippen LogP contribution < -0.4 is 10.1 Å². The predicted octanol–water partition coefficient (Wildman–Crippen LogP) is 2.22. The summed E-state index contributed by atoms with van der Waals surface area (Å²) in [6.45, 7) is 0.624. The minimum Gasteiger partial charge on any atom is -0.497 e. The summed E-state index contributed by atoms with van der Waals surface area (Å²) in [4.78, 5) is 12.0. The average molecular weight is 316 g/mol. The van der Waals surface area contributed by atoms with Crippen molar-refractivity contribution in [2.45, 2.75) is 12.5 Å². The molecule has 0 spiro atoms. The third-order valence-corrected chi connectivity index (χ3v) is 3.33. The van der Waals surface area contributed by atoms with Crippen molar-refractivity contribution in [3.63, 3.8) is 0 Å². The molecule has 4 nitrogen and oxygen atoms in total. The molecule has 1 amide bonds. The van der Waals surface area contributed by atoms with E-state index in [4.69, 9.17) is 9.47 Å². The largest absolute Gasteiger partial charge is 0.497 e. The standard InChI is InChI=1S/C13H18BrNO3/c1-17-8-7-11(9-14)15-13(16)10-3-5-12(18-2)6-4-10/h3-6,11H,7-9H2,1-2H3,(H,15,16). The Morgan fingerprint density at radius 3 is 2.50 bits per heavy atom. The molecule has 1 unspecified atom stereocenters. The van der Waals surface area contributed by atoms with Gasteiger partial charge in [-0.15, -0.1) is 0 Å². The zero-order valence-corrected chi connectivity index (χ0v) is 12.2. The maximum absolute atomic E-state index is 12.0. The van der Waals surface area contributed by atoms with Gasteiger partial charge in [0.25, 0.3) is 5.91 Å². The van der Waals surface area contributed by atoms with Gasteiger partial charge in [0, 0.05) is 30.7 Å². The molecule has 0 saturated heterocycles. The van der Waals surface area contributed by atoms with Crippen LogP contribution in [-0.4, -0.2) is 38.1 Å². The Bertz CT molecular complexity index is 367. The number of nitrogens with one attached hydrogen (secondary N) is 1. The lowest BCUT2D eigenvalue weighted by molar-refractivity contribution is 0.0931. The lowest BCUT2D eigenvalue weighted by atomic mass is 10.1. The van der Waals surface area contributed by atoms with E-state index in [1.54, 1.807) is 38.5 Å². The maximum Gasteiger partial charge on any atom is 0.251 e. The number of alkyl halides is 1. The second-order valence-electron chi connectivity index (χ2n) is 3.83. The van der Waals surface area contributed by atoms with Crippen molar-refractivity contribution >= 4 is 21.8 Å². The van der Waals surface area contributed by atoms with E-state index < -0.39 is 0 Å². The van der Waals surface area contributed by atoms with Crippen LogP contribution in [0.3, 0.4) is 0 Å². The molecule has 0 saturated carbocycles. The van der Waals surface area contributed by atoms with Crippen molar-refractivity contribution in [2.24, 2.45) is 0 Å². The smallest absolute Gasteiger partial charge is 0.251 e. The van der Waals surface area contributed by atoms with Crippen LogP contribution in [0.5, 0.6) is 5.75 Å². The van der Waals surface area contributed by atoms with Crippen LogP contribution in [0.4, 0.5) is 0 Å². The Labute approximate surface area is 116 Å². The fourth-order valence-electron chi connectivity index (χ4n) is 1.46. The average Bonchev–Trinajstić information content (AvgIpc) is 2.43. The number of carbonyl (C=O) groups is 1. The van der Waals surface area contributed by atoms with Gasteiger partial charge in [0.1, 0.15) is 5.75 Å². The molecule has 0 aromatic heterocycles. The molecule has 100 valence electrons. The molecular weight excluding hydrogens is 298 g/mol. The number of ether oxygens (including phenoxy) is 2. The molecule has 0 fully saturated rings. The van der Waals surface area contributed by atoms with Crippen LogP contribution in [0.2, 0.25) is 0 Å². The van der Waals surface area contributed by atoms with E-state index in [9.17, 15) is 4.79 Å². The van der Waals surface area contributed by atoms with Gasteiger partial charge in [-0.25, -0.2) is 0 Å². The molecule has 0 radical (unpaired) electrons. The quantitative estimate of drug-likeness (QED) is 0.785. The monoisotopic (exact) mass is 315 g/mol. The summed E-state index contributed by atoms with van der Waals surface area (Å²) in [7, 11) is 3.25. The van der Waals surface area contributed by atoms with Crippen molar-refractivity contribution in [3.05, 3.63) is 29.8 Å². The van der Waals surface area contributed by atoms with Crippen LogP contribution >= 0.6 is 15.9 Å². The highest BCUT2D eigenvalue weighted by atomic mass is 79.9. The number of halogens is 1. The minimum absolute atomic E-state index is 0.0690. The predicted molar refractivity (Wildman–Crippen MR) is 74.5 cm³/mol. The van der Waals surface area contributed by atoms with Gasteiger partial charge in [0.2, 0.25) is 0 Å². The molecule has 1 atom stereocenters. The highest BCUT2D eigenvalue weighted by Gasteiger charge is 2.12. The van der Waals surface area contributed by atoms with Crippen molar-refractivity contribution < 1.29 is 14.3 Å². The summed E-state index contributed by atoms with van der Waals surface area (Å²) in [5.74, 6) is 0.654. The first-order valence-corrected chi connectivity index (χ1v) is 6.83. The molecule has 0 aliphatic rings. The molecule has 1 aromatic carbocycles. The fourth-order valence-corrected chi connectivity index (χ4v) is 1.94. The van der Waals surface area contributed by atoms with Crippen molar-refractivity contribution in [1.82, 2.24) is 5.32 Å². The second kappa shape index (κ2) is 8.11. The molecule has 0 heterocycles. The van der Waals surface area contributed by atoms with E-state index in [1.165, 1.54) is 0 Å². The molecule has 18 heavy (non-hydrogen) atoms. The van der Waals surface area contributed by atoms with Gasteiger partial charge in [0.05, 0.1) is 7.11 Å². The van der Waals surface area contributed by atoms with Crippen LogP contribution in [-0.2, 0) is 4.74 Å². The Balaban J connectivity index is 2.56. The molecular formula is C13H18BrNO3. The van der Waals surface area contributed by atoms with Gasteiger partial charge in [-0.3, -0.25) is 4.79 Å². The Kier molecular flexibility index (Phi) is 6.75. The van der Waals surface area contributed by atoms with Crippen molar-refractivity contribution in [2.75, 3.05) is 26.2 Å². The highest BCUT2D eigenvalue weighted by molar-refractivity contribution is 9.09. The van der Waals surface area contributed by atoms with Gasteiger partial charge in [-0.1, -0.05) is 15.9 Å². The first kappa shape index (κ1) is 15.0. The Hall–Kier alpha value is -1.07. The topological polar surface area (TPSA) is 47.6 Å². The molecule has 5 heteroatoms. The molecule has 0 aliphatic heterocycles. The van der Waals surface area contributed by atoms with E-state index in [1.807, 2.05) is 0 Å². The zero-order valence-electron chi connectivity index (χ0n) is 10.6. The van der Waals surface area contributed by atoms with E-state index in [-0.39, 0.29) is 11.9 Å². The molecule has 1 rings (SSSR count). The van der Waals surface area contributed by atoms with Crippen molar-refractivity contribution in [3.8, 4) is 5.75 Å². The van der Waals surface area contributed by atoms with Crippen LogP contribution in [0.1, 0.15) is 16.8 Å². The summed E-state index contributed by atoms with van der Waals surface area (Å²) in [6.07, 6.45) is 0.781. The second-order valence-corrected chi connectivity index (χ2v) is 4.48. The van der Waals surface area contributed by atoms with Crippen LogP contribution in [0, 0.1) is 0 Å². The van der Waals surface area contributed by atoms with Gasteiger partial charge in [-0.05, 0) is 30.7 Å². The lowest BCUT2D eigenvalue weighted by Crippen LogP contribution is -2.36. The highest BCUT2D eigenvalue weighted by Crippen LogP contribution is 2.11. The third-order valence-electron chi connectivity index (χ3n) is 2.54. The van der Waals surface area contributed by atoms with Gasteiger partial charge in [0.15, 0.2) is 0 Å². The molecule has 1 aromatic rings. The first-order chi connectivity index (χ1) is 8.71. The van der Waals surface area contributed by atoms with Crippen molar-refractivity contribution in [1.29, 1.82) is 0 Å². The fraction of sp³-hybridized carbons (Fsp3) is 0.462. The summed E-state index contributed by atoms with van der Waals surface area (Å²) >= 11 is 3.38. The molecule has 0 aliphatic carbocycles. The number of amides is 1. The van der Waals surface area contributed by atoms with E-state index in [0.717, 1.165) is 12.2 Å². The number of hydrogen-bond acceptors (Lipinski definition) is 3. The minimum atomic E-state index is -0.0850. The molecule has 1 N–H and O–H groups in total. The summed E-state index contributed by atoms with van der Waals surface area (Å²) in [6, 6.07) is 7.10. The number of benzene rings is 1. The number of rotatable bonds is 7. The van der Waals surface area contributed by atoms with Gasteiger partial charge >= 0.3 is 0 Å². The number of carbonyl (C=O) groups excluding carboxylic acids is 1. The van der Waals surface area contributed by atoms with Gasteiger partial charge in [-0.2, -0.15) is 0 Å². The first-order valence-electron chi connectivity index (χ1n) is 5.71. The maximum atomic E-state index is 12.0. The number of methoxy groups -OCH3 is 2. The van der Waals surface area contributed by atoms with E-state index in [0.29, 0.717) is 17.5 Å². The number of hydrogen-bond donors (Lipinski definition) is 1. The van der Waals surface area contributed by atoms with E-state index >= 15 is 0 Å². The Morgan fingerprint density at radius 2 is 2.00 bits per heavy atom. The molecule has 0 bridgehead atoms. The summed E-state index contributed by atoms with van der Waals surface area (Å²) in [5, 5.41) is 3.66. The van der Waals surface area contributed by atoms with Gasteiger partial charge < -0.3 is 14.8 Å².